The van der Waals surface area contributed by atoms with E-state index in [-0.39, 0.29) is 28.2 Å². The second-order valence-corrected chi connectivity index (χ2v) is 7.88. The number of carbonyl (C=O) groups excluding carboxylic acids is 1. The molecule has 8 nitrogen and oxygen atoms in total. The van der Waals surface area contributed by atoms with E-state index in [1.807, 2.05) is 0 Å². The van der Waals surface area contributed by atoms with Gasteiger partial charge in [-0.05, 0) is 38.8 Å². The smallest absolute Gasteiger partial charge is 0.265 e. The van der Waals surface area contributed by atoms with Crippen molar-refractivity contribution in [1.29, 1.82) is 0 Å². The molecule has 1 aromatic carbocycles. The van der Waals surface area contributed by atoms with Crippen LogP contribution in [0.4, 0.5) is 5.69 Å². The van der Waals surface area contributed by atoms with Crippen molar-refractivity contribution in [2.45, 2.75) is 37.7 Å². The summed E-state index contributed by atoms with van der Waals surface area (Å²) in [4.78, 5) is 12.6. The van der Waals surface area contributed by atoms with Gasteiger partial charge in [-0.1, -0.05) is 12.1 Å². The highest BCUT2D eigenvalue weighted by atomic mass is 32.2. The largest absolute Gasteiger partial charge is 0.376 e. The number of H-pyrrole nitrogens is 1. The van der Waals surface area contributed by atoms with Gasteiger partial charge in [0.2, 0.25) is 0 Å². The summed E-state index contributed by atoms with van der Waals surface area (Å²) in [5.41, 5.74) is 1.29. The molecule has 1 aromatic heterocycles. The number of aryl methyl sites for hydroxylation is 2. The van der Waals surface area contributed by atoms with E-state index in [2.05, 4.69) is 20.2 Å². The maximum atomic E-state index is 12.7. The van der Waals surface area contributed by atoms with Gasteiger partial charge in [0.25, 0.3) is 15.9 Å². The lowest BCUT2D eigenvalue weighted by atomic mass is 10.1. The molecule has 0 bridgehead atoms. The van der Waals surface area contributed by atoms with Gasteiger partial charge in [-0.15, -0.1) is 0 Å². The third kappa shape index (κ3) is 3.88. The van der Waals surface area contributed by atoms with Crippen molar-refractivity contribution in [2.75, 3.05) is 17.9 Å². The van der Waals surface area contributed by atoms with Gasteiger partial charge in [-0.25, -0.2) is 8.42 Å². The number of anilines is 1. The second kappa shape index (κ2) is 7.46. The minimum Gasteiger partial charge on any atom is -0.376 e. The number of para-hydroxylation sites is 1. The normalized spacial score (nSPS) is 17.2. The van der Waals surface area contributed by atoms with Gasteiger partial charge in [-0.2, -0.15) is 5.10 Å². The summed E-state index contributed by atoms with van der Waals surface area (Å²) >= 11 is 0. The highest BCUT2D eigenvalue weighted by Gasteiger charge is 2.24. The molecule has 0 aliphatic carbocycles. The molecule has 0 spiro atoms. The van der Waals surface area contributed by atoms with E-state index >= 15 is 0 Å². The van der Waals surface area contributed by atoms with Gasteiger partial charge in [0, 0.05) is 13.2 Å². The van der Waals surface area contributed by atoms with Crippen molar-refractivity contribution in [3.05, 3.63) is 41.2 Å². The van der Waals surface area contributed by atoms with E-state index < -0.39 is 10.0 Å². The van der Waals surface area contributed by atoms with E-state index in [1.54, 1.807) is 38.1 Å². The van der Waals surface area contributed by atoms with Crippen LogP contribution < -0.4 is 10.0 Å². The molecule has 0 radical (unpaired) electrons. The number of carbonyl (C=O) groups is 1. The number of hydrogen-bond acceptors (Lipinski definition) is 5. The Morgan fingerprint density at radius 3 is 2.77 bits per heavy atom. The Labute approximate surface area is 152 Å². The van der Waals surface area contributed by atoms with Crippen molar-refractivity contribution >= 4 is 21.6 Å². The lowest BCUT2D eigenvalue weighted by Gasteiger charge is -2.14. The zero-order valence-corrected chi connectivity index (χ0v) is 15.5. The molecule has 1 aliphatic rings. The van der Waals surface area contributed by atoms with Crippen LogP contribution >= 0.6 is 0 Å². The molecule has 140 valence electrons. The van der Waals surface area contributed by atoms with Crippen LogP contribution in [0.5, 0.6) is 0 Å². The molecule has 1 atom stereocenters. The van der Waals surface area contributed by atoms with E-state index in [0.717, 1.165) is 12.8 Å². The monoisotopic (exact) mass is 378 g/mol. The van der Waals surface area contributed by atoms with Crippen molar-refractivity contribution in [1.82, 2.24) is 15.5 Å². The Hall–Kier alpha value is -2.39. The molecule has 3 rings (SSSR count). The Kier molecular flexibility index (Phi) is 5.28. The minimum absolute atomic E-state index is 0.0130. The van der Waals surface area contributed by atoms with E-state index in [0.29, 0.717) is 24.5 Å². The number of amides is 1. The minimum atomic E-state index is -3.87. The van der Waals surface area contributed by atoms with E-state index in [4.69, 9.17) is 4.74 Å². The van der Waals surface area contributed by atoms with Crippen molar-refractivity contribution in [2.24, 2.45) is 0 Å². The molecular weight excluding hydrogens is 356 g/mol. The molecule has 3 N–H and O–H groups in total. The molecule has 2 heterocycles. The summed E-state index contributed by atoms with van der Waals surface area (Å²) in [7, 11) is -3.87. The van der Waals surface area contributed by atoms with Crippen LogP contribution in [0.25, 0.3) is 0 Å². The Morgan fingerprint density at radius 2 is 2.12 bits per heavy atom. The number of hydrogen-bond donors (Lipinski definition) is 3. The molecule has 2 aromatic rings. The first-order valence-electron chi connectivity index (χ1n) is 8.41. The van der Waals surface area contributed by atoms with Crippen LogP contribution in [0, 0.1) is 13.8 Å². The van der Waals surface area contributed by atoms with Gasteiger partial charge < -0.3 is 10.1 Å². The van der Waals surface area contributed by atoms with Crippen LogP contribution in [0.1, 0.15) is 34.6 Å². The molecule has 9 heteroatoms. The average Bonchev–Trinajstić information content (AvgIpc) is 3.22. The summed E-state index contributed by atoms with van der Waals surface area (Å²) in [5, 5.41) is 9.38. The maximum absolute atomic E-state index is 12.7. The SMILES string of the molecule is Cc1n[nH]c(C)c1S(=O)(=O)Nc1ccccc1C(=O)NCC1CCCO1. The number of nitrogens with one attached hydrogen (secondary N) is 3. The summed E-state index contributed by atoms with van der Waals surface area (Å²) in [6.07, 6.45) is 1.91. The molecule has 1 unspecified atom stereocenters. The fourth-order valence-corrected chi connectivity index (χ4v) is 4.46. The van der Waals surface area contributed by atoms with Crippen molar-refractivity contribution in [3.63, 3.8) is 0 Å². The Morgan fingerprint density at radius 1 is 1.35 bits per heavy atom. The number of rotatable bonds is 6. The standard InChI is InChI=1S/C17H22N4O4S/c1-11-16(12(2)20-19-11)26(23,24)21-15-8-4-3-7-14(15)17(22)18-10-13-6-5-9-25-13/h3-4,7-8,13,21H,5-6,9-10H2,1-2H3,(H,18,22)(H,19,20). The zero-order valence-electron chi connectivity index (χ0n) is 14.7. The van der Waals surface area contributed by atoms with Crippen LogP contribution in [-0.2, 0) is 14.8 Å². The van der Waals surface area contributed by atoms with E-state index in [1.165, 1.54) is 0 Å². The number of aromatic nitrogens is 2. The lowest BCUT2D eigenvalue weighted by molar-refractivity contribution is 0.0858. The quantitative estimate of drug-likeness (QED) is 0.708. The fraction of sp³-hybridized carbons (Fsp3) is 0.412. The number of aromatic amines is 1. The molecule has 1 amide bonds. The first-order chi connectivity index (χ1) is 12.4. The van der Waals surface area contributed by atoms with Crippen LogP contribution in [0.2, 0.25) is 0 Å². The third-order valence-corrected chi connectivity index (χ3v) is 5.89. The number of ether oxygens (including phenoxy) is 1. The van der Waals surface area contributed by atoms with Gasteiger partial charge in [0.1, 0.15) is 4.90 Å². The highest BCUT2D eigenvalue weighted by molar-refractivity contribution is 7.92. The summed E-state index contributed by atoms with van der Waals surface area (Å²) in [5.74, 6) is -0.348. The molecule has 1 fully saturated rings. The van der Waals surface area contributed by atoms with Gasteiger partial charge >= 0.3 is 0 Å². The Bertz CT molecular complexity index is 882. The predicted octanol–water partition coefficient (Wildman–Crippen LogP) is 1.74. The average molecular weight is 378 g/mol. The number of nitrogens with zero attached hydrogens (tertiary/aromatic N) is 1. The second-order valence-electron chi connectivity index (χ2n) is 6.26. The number of sulfonamides is 1. The van der Waals surface area contributed by atoms with Crippen molar-refractivity contribution < 1.29 is 17.9 Å². The molecule has 26 heavy (non-hydrogen) atoms. The molecule has 1 saturated heterocycles. The third-order valence-electron chi connectivity index (χ3n) is 4.26. The zero-order chi connectivity index (χ0) is 18.7. The maximum Gasteiger partial charge on any atom is 0.265 e. The number of benzene rings is 1. The van der Waals surface area contributed by atoms with Crippen LogP contribution in [0.3, 0.4) is 0 Å². The van der Waals surface area contributed by atoms with E-state index in [9.17, 15) is 13.2 Å². The highest BCUT2D eigenvalue weighted by Crippen LogP contribution is 2.23. The summed E-state index contributed by atoms with van der Waals surface area (Å²) < 4.78 is 33.4. The summed E-state index contributed by atoms with van der Waals surface area (Å²) in [6, 6.07) is 6.50. The van der Waals surface area contributed by atoms with Gasteiger partial charge in [0.15, 0.2) is 0 Å². The van der Waals surface area contributed by atoms with Crippen LogP contribution in [-0.4, -0.2) is 43.8 Å². The topological polar surface area (TPSA) is 113 Å². The van der Waals surface area contributed by atoms with Crippen molar-refractivity contribution in [3.8, 4) is 0 Å². The van der Waals surface area contributed by atoms with Gasteiger partial charge in [0.05, 0.1) is 28.7 Å². The fourth-order valence-electron chi connectivity index (χ4n) is 3.01. The molecule has 1 aliphatic heterocycles. The summed E-state index contributed by atoms with van der Waals surface area (Å²) in [6.45, 7) is 4.35. The van der Waals surface area contributed by atoms with Gasteiger partial charge in [-0.3, -0.25) is 14.6 Å². The Balaban J connectivity index is 1.79. The molecule has 0 saturated carbocycles. The first-order valence-corrected chi connectivity index (χ1v) is 9.90. The van der Waals surface area contributed by atoms with Crippen LogP contribution in [0.15, 0.2) is 29.2 Å². The first kappa shape index (κ1) is 18.4. The predicted molar refractivity (Wildman–Crippen MR) is 96.6 cm³/mol. The lowest BCUT2D eigenvalue weighted by Crippen LogP contribution is -2.32. The molecular formula is C17H22N4O4S.